The second kappa shape index (κ2) is 6.95. The Morgan fingerprint density at radius 1 is 1.19 bits per heavy atom. The molecule has 0 spiro atoms. The number of hydrogen-bond donors (Lipinski definition) is 0. The lowest BCUT2D eigenvalue weighted by molar-refractivity contribution is -0.116. The molecule has 2 heterocycles. The molecule has 2 aliphatic heterocycles. The van der Waals surface area contributed by atoms with E-state index < -0.39 is 0 Å². The number of hydrogen-bond acceptors (Lipinski definition) is 4. The molecule has 0 aromatic heterocycles. The zero-order valence-corrected chi connectivity index (χ0v) is 15.5. The van der Waals surface area contributed by atoms with Crippen molar-refractivity contribution < 1.29 is 19.1 Å². The second-order valence-corrected chi connectivity index (χ2v) is 6.95. The minimum absolute atomic E-state index is 0.0275. The number of likely N-dealkylation sites (N-methyl/N-ethyl adjacent to an activating group) is 1. The predicted octanol–water partition coefficient (Wildman–Crippen LogP) is 2.51. The number of carbonyl (C=O) groups is 2. The summed E-state index contributed by atoms with van der Waals surface area (Å²) in [5, 5.41) is 0. The van der Waals surface area contributed by atoms with Crippen molar-refractivity contribution in [2.24, 2.45) is 0 Å². The molecular formula is C21H22N2O4. The fraction of sp³-hybridized carbons (Fsp3) is 0.333. The Bertz CT molecular complexity index is 896. The van der Waals surface area contributed by atoms with Gasteiger partial charge in [0, 0.05) is 31.8 Å². The van der Waals surface area contributed by atoms with E-state index in [1.807, 2.05) is 36.4 Å². The first-order valence-electron chi connectivity index (χ1n) is 9.08. The summed E-state index contributed by atoms with van der Waals surface area (Å²) in [6, 6.07) is 13.1. The van der Waals surface area contributed by atoms with Crippen molar-refractivity contribution in [2.75, 3.05) is 31.6 Å². The first-order valence-corrected chi connectivity index (χ1v) is 9.08. The highest BCUT2D eigenvalue weighted by Gasteiger charge is 2.26. The van der Waals surface area contributed by atoms with E-state index in [4.69, 9.17) is 9.47 Å². The average Bonchev–Trinajstić information content (AvgIpc) is 3.10. The number of anilines is 1. The van der Waals surface area contributed by atoms with Crippen molar-refractivity contribution in [2.45, 2.75) is 19.4 Å². The maximum absolute atomic E-state index is 12.8. The number of benzene rings is 2. The highest BCUT2D eigenvalue weighted by atomic mass is 16.6. The quantitative estimate of drug-likeness (QED) is 0.838. The Labute approximate surface area is 158 Å². The van der Waals surface area contributed by atoms with Gasteiger partial charge in [0.2, 0.25) is 5.91 Å². The van der Waals surface area contributed by atoms with Crippen LogP contribution in [-0.4, -0.2) is 49.6 Å². The van der Waals surface area contributed by atoms with Gasteiger partial charge in [-0.25, -0.2) is 0 Å². The molecule has 4 rings (SSSR count). The molecule has 2 aromatic carbocycles. The summed E-state index contributed by atoms with van der Waals surface area (Å²) in [6.45, 7) is 3.08. The lowest BCUT2D eigenvalue weighted by Gasteiger charge is -2.29. The number of para-hydroxylation sites is 2. The van der Waals surface area contributed by atoms with Gasteiger partial charge in [0.1, 0.15) is 6.61 Å². The van der Waals surface area contributed by atoms with Gasteiger partial charge in [0.05, 0.1) is 6.54 Å². The normalized spacial score (nSPS) is 17.4. The molecule has 6 nitrogen and oxygen atoms in total. The number of amides is 2. The van der Waals surface area contributed by atoms with Crippen molar-refractivity contribution in [1.29, 1.82) is 0 Å². The van der Waals surface area contributed by atoms with E-state index in [1.54, 1.807) is 29.8 Å². The monoisotopic (exact) mass is 366 g/mol. The molecule has 140 valence electrons. The highest BCUT2D eigenvalue weighted by molar-refractivity contribution is 5.97. The Morgan fingerprint density at radius 3 is 2.74 bits per heavy atom. The Hall–Kier alpha value is -3.02. The molecule has 0 saturated carbocycles. The summed E-state index contributed by atoms with van der Waals surface area (Å²) in [6.07, 6.45) is 0.562. The average molecular weight is 366 g/mol. The number of ether oxygens (including phenoxy) is 2. The third-order valence-electron chi connectivity index (χ3n) is 4.99. The largest absolute Gasteiger partial charge is 0.486 e. The maximum atomic E-state index is 12.8. The van der Waals surface area contributed by atoms with Gasteiger partial charge in [-0.15, -0.1) is 0 Å². The van der Waals surface area contributed by atoms with E-state index >= 15 is 0 Å². The van der Waals surface area contributed by atoms with Crippen molar-refractivity contribution in [3.63, 3.8) is 0 Å². The van der Waals surface area contributed by atoms with Crippen LogP contribution in [0.2, 0.25) is 0 Å². The molecule has 0 fully saturated rings. The lowest BCUT2D eigenvalue weighted by atomic mass is 10.1. The molecule has 2 aliphatic rings. The Morgan fingerprint density at radius 2 is 1.96 bits per heavy atom. The van der Waals surface area contributed by atoms with Crippen molar-refractivity contribution in [3.8, 4) is 11.5 Å². The molecular weight excluding hydrogens is 344 g/mol. The fourth-order valence-electron chi connectivity index (χ4n) is 3.62. The van der Waals surface area contributed by atoms with E-state index in [2.05, 4.69) is 0 Å². The van der Waals surface area contributed by atoms with E-state index in [0.717, 1.165) is 23.4 Å². The molecule has 6 heteroatoms. The van der Waals surface area contributed by atoms with E-state index in [-0.39, 0.29) is 17.9 Å². The maximum Gasteiger partial charge on any atom is 0.253 e. The molecule has 0 N–H and O–H groups in total. The van der Waals surface area contributed by atoms with Gasteiger partial charge in [-0.05, 0) is 42.3 Å². The molecule has 0 radical (unpaired) electrons. The summed E-state index contributed by atoms with van der Waals surface area (Å²) >= 11 is 0. The zero-order valence-electron chi connectivity index (χ0n) is 15.5. The van der Waals surface area contributed by atoms with Crippen LogP contribution in [0.1, 0.15) is 22.8 Å². The van der Waals surface area contributed by atoms with Gasteiger partial charge < -0.3 is 19.3 Å². The van der Waals surface area contributed by atoms with Crippen molar-refractivity contribution in [1.82, 2.24) is 4.90 Å². The van der Waals surface area contributed by atoms with E-state index in [1.165, 1.54) is 0 Å². The van der Waals surface area contributed by atoms with Crippen LogP contribution in [0.4, 0.5) is 5.69 Å². The molecule has 2 amide bonds. The van der Waals surface area contributed by atoms with Crippen LogP contribution in [0.15, 0.2) is 42.5 Å². The third kappa shape index (κ3) is 3.35. The summed E-state index contributed by atoms with van der Waals surface area (Å²) in [5.41, 5.74) is 2.57. The molecule has 1 unspecified atom stereocenters. The van der Waals surface area contributed by atoms with Crippen LogP contribution in [0.5, 0.6) is 11.5 Å². The van der Waals surface area contributed by atoms with Gasteiger partial charge in [0.15, 0.2) is 17.6 Å². The molecule has 0 aliphatic carbocycles. The van der Waals surface area contributed by atoms with E-state index in [9.17, 15) is 9.59 Å². The molecule has 0 saturated heterocycles. The predicted molar refractivity (Wildman–Crippen MR) is 101 cm³/mol. The van der Waals surface area contributed by atoms with Crippen LogP contribution in [0.25, 0.3) is 0 Å². The van der Waals surface area contributed by atoms with Crippen molar-refractivity contribution in [3.05, 3.63) is 53.6 Å². The van der Waals surface area contributed by atoms with Crippen LogP contribution in [0, 0.1) is 0 Å². The van der Waals surface area contributed by atoms with Gasteiger partial charge in [-0.3, -0.25) is 9.59 Å². The van der Waals surface area contributed by atoms with Gasteiger partial charge >= 0.3 is 0 Å². The number of rotatable bonds is 3. The van der Waals surface area contributed by atoms with Crippen molar-refractivity contribution >= 4 is 17.5 Å². The fourth-order valence-corrected chi connectivity index (χ4v) is 3.62. The SMILES string of the molecule is CC(=O)N1CCc2cc(C(=O)N(C)CC3COc4ccccc4O3)ccc21. The lowest BCUT2D eigenvalue weighted by Crippen LogP contribution is -2.41. The molecule has 2 aromatic rings. The molecule has 1 atom stereocenters. The van der Waals surface area contributed by atoms with Crippen LogP contribution < -0.4 is 14.4 Å². The van der Waals surface area contributed by atoms with Gasteiger partial charge in [-0.1, -0.05) is 12.1 Å². The Kier molecular flexibility index (Phi) is 4.48. The molecule has 27 heavy (non-hydrogen) atoms. The van der Waals surface area contributed by atoms with Crippen LogP contribution >= 0.6 is 0 Å². The first kappa shape index (κ1) is 17.4. The molecule has 0 bridgehead atoms. The van der Waals surface area contributed by atoms with E-state index in [0.29, 0.717) is 31.0 Å². The zero-order chi connectivity index (χ0) is 19.0. The number of nitrogens with zero attached hydrogens (tertiary/aromatic N) is 2. The number of carbonyl (C=O) groups excluding carboxylic acids is 2. The van der Waals surface area contributed by atoms with Crippen LogP contribution in [-0.2, 0) is 11.2 Å². The Balaban J connectivity index is 1.44. The summed E-state index contributed by atoms with van der Waals surface area (Å²) in [5.74, 6) is 1.40. The van der Waals surface area contributed by atoms with Gasteiger partial charge in [0.25, 0.3) is 5.91 Å². The number of fused-ring (bicyclic) bond motifs is 2. The summed E-state index contributed by atoms with van der Waals surface area (Å²) < 4.78 is 11.7. The standard InChI is InChI=1S/C21H22N2O4/c1-14(24)23-10-9-15-11-16(7-8-18(15)23)21(25)22(2)12-17-13-26-19-5-3-4-6-20(19)27-17/h3-8,11,17H,9-10,12-13H2,1-2H3. The summed E-state index contributed by atoms with van der Waals surface area (Å²) in [7, 11) is 1.77. The third-order valence-corrected chi connectivity index (χ3v) is 4.99. The second-order valence-electron chi connectivity index (χ2n) is 6.95. The minimum atomic E-state index is -0.212. The van der Waals surface area contributed by atoms with Crippen LogP contribution in [0.3, 0.4) is 0 Å². The first-order chi connectivity index (χ1) is 13.0. The topological polar surface area (TPSA) is 59.1 Å². The smallest absolute Gasteiger partial charge is 0.253 e. The van der Waals surface area contributed by atoms with Gasteiger partial charge in [-0.2, -0.15) is 0 Å². The minimum Gasteiger partial charge on any atom is -0.486 e. The highest BCUT2D eigenvalue weighted by Crippen LogP contribution is 2.31. The summed E-state index contributed by atoms with van der Waals surface area (Å²) in [4.78, 5) is 27.9.